The lowest BCUT2D eigenvalue weighted by Crippen LogP contribution is -1.93. The Morgan fingerprint density at radius 2 is 1.95 bits per heavy atom. The molecule has 1 heteroatoms. The van der Waals surface area contributed by atoms with Crippen molar-refractivity contribution in [2.75, 3.05) is 0 Å². The molecule has 0 heterocycles. The molecule has 0 amide bonds. The van der Waals surface area contributed by atoms with Crippen molar-refractivity contribution in [3.05, 3.63) is 74.9 Å². The number of halogens is 1. The summed E-state index contributed by atoms with van der Waals surface area (Å²) in [5.74, 6) is 0. The predicted molar refractivity (Wildman–Crippen MR) is 97.1 cm³/mol. The van der Waals surface area contributed by atoms with E-state index < -0.39 is 0 Å². The van der Waals surface area contributed by atoms with Crippen molar-refractivity contribution >= 4 is 28.2 Å². The van der Waals surface area contributed by atoms with Crippen molar-refractivity contribution in [2.45, 2.75) is 33.1 Å². The molecule has 0 fully saturated rings. The Morgan fingerprint density at radius 1 is 1.15 bits per heavy atom. The van der Waals surface area contributed by atoms with E-state index in [0.717, 1.165) is 12.0 Å². The summed E-state index contributed by atoms with van der Waals surface area (Å²) in [6.45, 7) is 8.70. The van der Waals surface area contributed by atoms with E-state index in [1.807, 2.05) is 0 Å². The van der Waals surface area contributed by atoms with Gasteiger partial charge in [-0.3, -0.25) is 0 Å². The van der Waals surface area contributed by atoms with Gasteiger partial charge in [0, 0.05) is 3.57 Å². The highest BCUT2D eigenvalue weighted by molar-refractivity contribution is 14.1. The summed E-state index contributed by atoms with van der Waals surface area (Å²) in [4.78, 5) is 0. The van der Waals surface area contributed by atoms with Gasteiger partial charge < -0.3 is 0 Å². The SMILES string of the molecule is C=C(c1cccc(CCCC)c1)c1cc(I)ccc1C. The van der Waals surface area contributed by atoms with Crippen LogP contribution in [-0.4, -0.2) is 0 Å². The van der Waals surface area contributed by atoms with E-state index >= 15 is 0 Å². The largest absolute Gasteiger partial charge is 0.0905 e. The Morgan fingerprint density at radius 3 is 2.70 bits per heavy atom. The van der Waals surface area contributed by atoms with Crippen LogP contribution in [-0.2, 0) is 6.42 Å². The van der Waals surface area contributed by atoms with Crippen LogP contribution in [0.5, 0.6) is 0 Å². The molecule has 20 heavy (non-hydrogen) atoms. The molecular weight excluding hydrogens is 355 g/mol. The highest BCUT2D eigenvalue weighted by Crippen LogP contribution is 2.26. The van der Waals surface area contributed by atoms with Crippen LogP contribution in [0.3, 0.4) is 0 Å². The minimum Gasteiger partial charge on any atom is -0.0905 e. The zero-order valence-corrected chi connectivity index (χ0v) is 14.4. The van der Waals surface area contributed by atoms with Gasteiger partial charge in [-0.2, -0.15) is 0 Å². The first-order valence-electron chi connectivity index (χ1n) is 7.16. The van der Waals surface area contributed by atoms with Crippen LogP contribution in [0.1, 0.15) is 42.0 Å². The molecule has 2 aromatic rings. The van der Waals surface area contributed by atoms with Gasteiger partial charge in [0.1, 0.15) is 0 Å². The van der Waals surface area contributed by atoms with Crippen LogP contribution in [0.2, 0.25) is 0 Å². The lowest BCUT2D eigenvalue weighted by atomic mass is 9.94. The first kappa shape index (κ1) is 15.3. The lowest BCUT2D eigenvalue weighted by molar-refractivity contribution is 0.795. The van der Waals surface area contributed by atoms with E-state index in [2.05, 4.69) is 85.5 Å². The zero-order chi connectivity index (χ0) is 14.5. The predicted octanol–water partition coefficient (Wildman–Crippen LogP) is 6.00. The molecule has 2 aromatic carbocycles. The Labute approximate surface area is 136 Å². The molecule has 0 saturated heterocycles. The van der Waals surface area contributed by atoms with Crippen LogP contribution in [0.4, 0.5) is 0 Å². The van der Waals surface area contributed by atoms with Crippen LogP contribution < -0.4 is 0 Å². The van der Waals surface area contributed by atoms with Gasteiger partial charge in [0.2, 0.25) is 0 Å². The van der Waals surface area contributed by atoms with Crippen LogP contribution in [0, 0.1) is 10.5 Å². The van der Waals surface area contributed by atoms with Crippen molar-refractivity contribution in [3.63, 3.8) is 0 Å². The van der Waals surface area contributed by atoms with Gasteiger partial charge in [-0.15, -0.1) is 0 Å². The monoisotopic (exact) mass is 376 g/mol. The Kier molecular flexibility index (Phi) is 5.41. The fourth-order valence-corrected chi connectivity index (χ4v) is 2.86. The van der Waals surface area contributed by atoms with Gasteiger partial charge in [-0.1, -0.05) is 50.3 Å². The van der Waals surface area contributed by atoms with Crippen molar-refractivity contribution in [3.8, 4) is 0 Å². The molecule has 0 atom stereocenters. The molecule has 0 bridgehead atoms. The minimum absolute atomic E-state index is 1.12. The van der Waals surface area contributed by atoms with Crippen LogP contribution in [0.25, 0.3) is 5.57 Å². The van der Waals surface area contributed by atoms with E-state index in [0.29, 0.717) is 0 Å². The third-order valence-corrected chi connectivity index (χ3v) is 4.29. The van der Waals surface area contributed by atoms with Gasteiger partial charge >= 0.3 is 0 Å². The molecule has 0 nitrogen and oxygen atoms in total. The third-order valence-electron chi connectivity index (χ3n) is 3.62. The average Bonchev–Trinajstić information content (AvgIpc) is 2.47. The number of benzene rings is 2. The molecule has 0 radical (unpaired) electrons. The summed E-state index contributed by atoms with van der Waals surface area (Å²) < 4.78 is 1.26. The molecular formula is C19H21I. The second-order valence-corrected chi connectivity index (χ2v) is 6.49. The first-order chi connectivity index (χ1) is 9.61. The topological polar surface area (TPSA) is 0 Å². The molecule has 0 spiro atoms. The highest BCUT2D eigenvalue weighted by atomic mass is 127. The van der Waals surface area contributed by atoms with Crippen molar-refractivity contribution in [2.24, 2.45) is 0 Å². The van der Waals surface area contributed by atoms with Gasteiger partial charge in [0.25, 0.3) is 0 Å². The Bertz CT molecular complexity index is 611. The second kappa shape index (κ2) is 7.07. The standard InChI is InChI=1S/C19H21I/c1-4-5-7-16-8-6-9-17(12-16)15(3)19-13-18(20)11-10-14(19)2/h6,8-13H,3-5,7H2,1-2H3. The Balaban J connectivity index is 2.31. The third kappa shape index (κ3) is 3.72. The molecule has 0 aliphatic rings. The lowest BCUT2D eigenvalue weighted by Gasteiger charge is -2.12. The average molecular weight is 376 g/mol. The zero-order valence-electron chi connectivity index (χ0n) is 12.2. The van der Waals surface area contributed by atoms with E-state index in [1.165, 1.54) is 38.7 Å². The molecule has 0 N–H and O–H groups in total. The van der Waals surface area contributed by atoms with Crippen molar-refractivity contribution in [1.29, 1.82) is 0 Å². The van der Waals surface area contributed by atoms with Gasteiger partial charge in [-0.25, -0.2) is 0 Å². The fraction of sp³-hybridized carbons (Fsp3) is 0.263. The number of rotatable bonds is 5. The molecule has 0 aliphatic heterocycles. The highest BCUT2D eigenvalue weighted by Gasteiger charge is 2.07. The number of hydrogen-bond donors (Lipinski definition) is 0. The summed E-state index contributed by atoms with van der Waals surface area (Å²) in [5, 5.41) is 0. The van der Waals surface area contributed by atoms with E-state index in [4.69, 9.17) is 0 Å². The van der Waals surface area contributed by atoms with E-state index in [1.54, 1.807) is 0 Å². The fourth-order valence-electron chi connectivity index (χ4n) is 2.37. The molecule has 104 valence electrons. The van der Waals surface area contributed by atoms with Crippen molar-refractivity contribution < 1.29 is 0 Å². The number of aryl methyl sites for hydroxylation is 2. The number of unbranched alkanes of at least 4 members (excludes halogenated alkanes) is 1. The molecule has 0 aliphatic carbocycles. The molecule has 0 unspecified atom stereocenters. The summed E-state index contributed by atoms with van der Waals surface area (Å²) >= 11 is 2.36. The molecule has 0 aromatic heterocycles. The summed E-state index contributed by atoms with van der Waals surface area (Å²) in [6, 6.07) is 15.3. The summed E-state index contributed by atoms with van der Waals surface area (Å²) in [6.07, 6.45) is 3.64. The van der Waals surface area contributed by atoms with Gasteiger partial charge in [0.15, 0.2) is 0 Å². The van der Waals surface area contributed by atoms with Crippen molar-refractivity contribution in [1.82, 2.24) is 0 Å². The van der Waals surface area contributed by atoms with Gasteiger partial charge in [-0.05, 0) is 82.3 Å². The molecule has 0 saturated carbocycles. The van der Waals surface area contributed by atoms with E-state index in [9.17, 15) is 0 Å². The van der Waals surface area contributed by atoms with E-state index in [-0.39, 0.29) is 0 Å². The maximum Gasteiger partial charge on any atom is 0.0136 e. The maximum atomic E-state index is 4.32. The van der Waals surface area contributed by atoms with Crippen LogP contribution in [0.15, 0.2) is 49.0 Å². The molecule has 2 rings (SSSR count). The smallest absolute Gasteiger partial charge is 0.0136 e. The summed E-state index contributed by atoms with van der Waals surface area (Å²) in [5.41, 5.74) is 6.32. The number of hydrogen-bond acceptors (Lipinski definition) is 0. The summed E-state index contributed by atoms with van der Waals surface area (Å²) in [7, 11) is 0. The van der Waals surface area contributed by atoms with Crippen LogP contribution >= 0.6 is 22.6 Å². The van der Waals surface area contributed by atoms with Gasteiger partial charge in [0.05, 0.1) is 0 Å². The normalized spacial score (nSPS) is 10.6. The first-order valence-corrected chi connectivity index (χ1v) is 8.24. The maximum absolute atomic E-state index is 4.32. The quantitative estimate of drug-likeness (QED) is 0.561. The minimum atomic E-state index is 1.12. The Hall–Kier alpha value is -1.09. The second-order valence-electron chi connectivity index (χ2n) is 5.24.